The Kier molecular flexibility index (Phi) is 10.6. The minimum atomic E-state index is -1.84. The van der Waals surface area contributed by atoms with E-state index < -0.39 is 64.1 Å². The second-order valence-electron chi connectivity index (χ2n) is 14.0. The van der Waals surface area contributed by atoms with Crippen molar-refractivity contribution in [2.24, 2.45) is 11.5 Å². The third kappa shape index (κ3) is 6.78. The number of hydrogen-bond acceptors (Lipinski definition) is 10. The van der Waals surface area contributed by atoms with Gasteiger partial charge in [-0.25, -0.2) is 9.97 Å². The molecule has 2 fully saturated rings. The van der Waals surface area contributed by atoms with Crippen LogP contribution in [0.3, 0.4) is 0 Å². The Bertz CT molecular complexity index is 2220. The Labute approximate surface area is 308 Å². The van der Waals surface area contributed by atoms with Crippen molar-refractivity contribution in [1.29, 1.82) is 0 Å². The molecule has 16 nitrogen and oxygen atoms in total. The first-order valence-electron chi connectivity index (χ1n) is 18.1. The van der Waals surface area contributed by atoms with Gasteiger partial charge in [0.05, 0.1) is 21.8 Å². The number of imide groups is 2. The lowest BCUT2D eigenvalue weighted by molar-refractivity contribution is -0.137. The molecule has 2 saturated heterocycles. The van der Waals surface area contributed by atoms with Crippen LogP contribution in [0, 0.1) is 13.8 Å². The molecule has 2 unspecified atom stereocenters. The molecule has 0 bridgehead atoms. The maximum atomic E-state index is 14.7. The number of hydrogen-bond donors (Lipinski definition) is 4. The monoisotopic (exact) mass is 738 g/mol. The van der Waals surface area contributed by atoms with Gasteiger partial charge >= 0.3 is 0 Å². The number of primary amides is 2. The van der Waals surface area contributed by atoms with Crippen LogP contribution in [0.2, 0.25) is 0 Å². The van der Waals surface area contributed by atoms with E-state index in [4.69, 9.17) is 11.5 Å². The van der Waals surface area contributed by atoms with Crippen LogP contribution in [-0.2, 0) is 34.2 Å². The molecule has 2 aromatic heterocycles. The van der Waals surface area contributed by atoms with E-state index in [0.29, 0.717) is 32.1 Å². The number of aryl methyl sites for hydroxylation is 2. The summed E-state index contributed by atoms with van der Waals surface area (Å²) >= 11 is 0. The predicted molar refractivity (Wildman–Crippen MR) is 196 cm³/mol. The summed E-state index contributed by atoms with van der Waals surface area (Å²) in [4.78, 5) is 115. The molecule has 6 N–H and O–H groups in total. The third-order valence-corrected chi connectivity index (χ3v) is 10.6. The Morgan fingerprint density at radius 3 is 1.57 bits per heavy atom. The number of rotatable bonds is 13. The SMILES string of the molecule is Cc1nc2cccc(C(CCCCCCCC(N)=O)(C(N)=O)c3cccc4nc(C)n(C5CCC(=O)NC5=O)c(=O)c34)c2c(=O)n1C1CCC(=O)NC1=O. The van der Waals surface area contributed by atoms with Gasteiger partial charge in [0.25, 0.3) is 11.1 Å². The zero-order valence-corrected chi connectivity index (χ0v) is 30.1. The topological polar surface area (TPSA) is 248 Å². The third-order valence-electron chi connectivity index (χ3n) is 10.6. The summed E-state index contributed by atoms with van der Waals surface area (Å²) in [5.41, 5.74) is 9.44. The number of carbonyl (C=O) groups excluding carboxylic acids is 6. The number of piperidine rings is 2. The first-order chi connectivity index (χ1) is 25.8. The molecule has 0 spiro atoms. The standard InChI is InChI=1S/C38H42N8O8/c1-20-41-24-12-8-10-22(31(24)35(52)45(20)26-15-17-29(48)43-33(26)50)38(37(40)54,19-7-5-3-4-6-14-28(39)47)23-11-9-13-25-32(23)36(53)46(21(2)42-25)27-16-18-30(49)44-34(27)51/h8-13,26-27H,3-7,14-19H2,1-2H3,(H2,39,47)(H2,40,54)(H,43,48,50)(H,44,49,51). The highest BCUT2D eigenvalue weighted by molar-refractivity contribution is 6.02. The molecule has 2 aliphatic rings. The van der Waals surface area contributed by atoms with Gasteiger partial charge in [-0.1, -0.05) is 49.9 Å². The van der Waals surface area contributed by atoms with Gasteiger partial charge in [0.1, 0.15) is 29.1 Å². The van der Waals surface area contributed by atoms with Crippen LogP contribution in [0.1, 0.15) is 105 Å². The van der Waals surface area contributed by atoms with E-state index in [2.05, 4.69) is 20.6 Å². The largest absolute Gasteiger partial charge is 0.370 e. The normalized spacial score (nSPS) is 18.7. The summed E-state index contributed by atoms with van der Waals surface area (Å²) < 4.78 is 2.45. The highest BCUT2D eigenvalue weighted by Crippen LogP contribution is 2.42. The number of nitrogens with one attached hydrogen (secondary N) is 2. The molecular weight excluding hydrogens is 696 g/mol. The van der Waals surface area contributed by atoms with Gasteiger partial charge in [-0.05, 0) is 62.8 Å². The first-order valence-corrected chi connectivity index (χ1v) is 18.1. The second kappa shape index (κ2) is 15.1. The van der Waals surface area contributed by atoms with Gasteiger partial charge in [-0.2, -0.15) is 0 Å². The van der Waals surface area contributed by atoms with Crippen molar-refractivity contribution in [3.05, 3.63) is 79.9 Å². The predicted octanol–water partition coefficient (Wildman–Crippen LogP) is 1.67. The fraction of sp³-hybridized carbons (Fsp3) is 0.421. The van der Waals surface area contributed by atoms with Crippen LogP contribution in [0.5, 0.6) is 0 Å². The van der Waals surface area contributed by atoms with Crippen molar-refractivity contribution >= 4 is 57.2 Å². The summed E-state index contributed by atoms with van der Waals surface area (Å²) in [7, 11) is 0. The Morgan fingerprint density at radius 2 is 1.15 bits per heavy atom. The number of aromatic nitrogens is 4. The van der Waals surface area contributed by atoms with Crippen LogP contribution in [0.4, 0.5) is 0 Å². The van der Waals surface area contributed by atoms with Crippen LogP contribution < -0.4 is 33.2 Å². The van der Waals surface area contributed by atoms with Gasteiger partial charge < -0.3 is 11.5 Å². The zero-order chi connectivity index (χ0) is 38.9. The summed E-state index contributed by atoms with van der Waals surface area (Å²) in [6.07, 6.45) is 3.41. The van der Waals surface area contributed by atoms with Crippen molar-refractivity contribution in [2.75, 3.05) is 0 Å². The van der Waals surface area contributed by atoms with E-state index in [-0.39, 0.29) is 83.1 Å². The molecule has 2 atom stereocenters. The summed E-state index contributed by atoms with van der Waals surface area (Å²) in [6, 6.07) is 7.57. The first kappa shape index (κ1) is 37.7. The van der Waals surface area contributed by atoms with Crippen molar-refractivity contribution < 1.29 is 28.8 Å². The Morgan fingerprint density at radius 1 is 0.704 bits per heavy atom. The molecule has 6 rings (SSSR count). The van der Waals surface area contributed by atoms with Crippen LogP contribution in [0.15, 0.2) is 46.0 Å². The lowest BCUT2D eigenvalue weighted by Gasteiger charge is -2.34. The summed E-state index contributed by atoms with van der Waals surface area (Å²) in [6.45, 7) is 3.15. The maximum Gasteiger partial charge on any atom is 0.262 e. The number of carbonyl (C=O) groups is 6. The van der Waals surface area contributed by atoms with E-state index >= 15 is 0 Å². The van der Waals surface area contributed by atoms with E-state index in [1.54, 1.807) is 50.2 Å². The molecule has 2 aliphatic heterocycles. The van der Waals surface area contributed by atoms with E-state index in [9.17, 15) is 38.4 Å². The van der Waals surface area contributed by atoms with Gasteiger partial charge in [0, 0.05) is 19.3 Å². The minimum Gasteiger partial charge on any atom is -0.370 e. The Balaban J connectivity index is 1.61. The average Bonchev–Trinajstić information content (AvgIpc) is 3.10. The molecule has 6 amide bonds. The molecule has 282 valence electrons. The smallest absolute Gasteiger partial charge is 0.262 e. The van der Waals surface area contributed by atoms with Crippen LogP contribution in [-0.4, -0.2) is 54.5 Å². The Hall–Kier alpha value is -6.06. The zero-order valence-electron chi connectivity index (χ0n) is 30.1. The average molecular weight is 739 g/mol. The number of nitrogens with zero attached hydrogens (tertiary/aromatic N) is 4. The van der Waals surface area contributed by atoms with Crippen molar-refractivity contribution in [3.63, 3.8) is 0 Å². The molecule has 54 heavy (non-hydrogen) atoms. The van der Waals surface area contributed by atoms with Gasteiger partial charge in [-0.15, -0.1) is 0 Å². The van der Waals surface area contributed by atoms with E-state index in [1.807, 2.05) is 0 Å². The van der Waals surface area contributed by atoms with Crippen LogP contribution >= 0.6 is 0 Å². The number of nitrogens with two attached hydrogens (primary N) is 2. The minimum absolute atomic E-state index is 0.00844. The van der Waals surface area contributed by atoms with E-state index in [0.717, 1.165) is 0 Å². The molecular formula is C38H42N8O8. The lowest BCUT2D eigenvalue weighted by atomic mass is 9.68. The maximum absolute atomic E-state index is 14.7. The van der Waals surface area contributed by atoms with Crippen molar-refractivity contribution in [2.45, 2.75) is 102 Å². The van der Waals surface area contributed by atoms with Crippen molar-refractivity contribution in [3.8, 4) is 0 Å². The fourth-order valence-corrected chi connectivity index (χ4v) is 8.03. The summed E-state index contributed by atoms with van der Waals surface area (Å²) in [5.74, 6) is -3.05. The molecule has 2 aromatic carbocycles. The highest BCUT2D eigenvalue weighted by atomic mass is 16.2. The van der Waals surface area contributed by atoms with Crippen LogP contribution in [0.25, 0.3) is 21.8 Å². The van der Waals surface area contributed by atoms with E-state index in [1.165, 1.54) is 9.13 Å². The van der Waals surface area contributed by atoms with Gasteiger partial charge in [0.15, 0.2) is 0 Å². The number of fused-ring (bicyclic) bond motifs is 2. The molecule has 0 aliphatic carbocycles. The van der Waals surface area contributed by atoms with Crippen molar-refractivity contribution in [1.82, 2.24) is 29.7 Å². The molecule has 0 radical (unpaired) electrons. The summed E-state index contributed by atoms with van der Waals surface area (Å²) in [5, 5.41) is 4.59. The number of unbranched alkanes of at least 4 members (excludes halogenated alkanes) is 4. The molecule has 4 aromatic rings. The lowest BCUT2D eigenvalue weighted by Crippen LogP contribution is -2.47. The number of benzene rings is 2. The van der Waals surface area contributed by atoms with Gasteiger partial charge in [0.2, 0.25) is 35.4 Å². The highest BCUT2D eigenvalue weighted by Gasteiger charge is 2.45. The van der Waals surface area contributed by atoms with Gasteiger partial charge in [-0.3, -0.25) is 58.1 Å². The fourth-order valence-electron chi connectivity index (χ4n) is 8.03. The quantitative estimate of drug-likeness (QED) is 0.114. The second-order valence-corrected chi connectivity index (χ2v) is 14.0. The molecule has 0 saturated carbocycles. The molecule has 4 heterocycles. The molecule has 16 heteroatoms. The number of amides is 6.